The molecule has 1 heterocycles. The minimum atomic E-state index is -0.259. The smallest absolute Gasteiger partial charge is 0.127 e. The molecular formula is C26H30Cl2F2N2O2. The van der Waals surface area contributed by atoms with E-state index in [0.29, 0.717) is 0 Å². The maximum Gasteiger partial charge on any atom is 0.127 e. The van der Waals surface area contributed by atoms with Crippen molar-refractivity contribution in [2.24, 2.45) is 0 Å². The minimum absolute atomic E-state index is 0. The van der Waals surface area contributed by atoms with Crippen molar-refractivity contribution in [1.82, 2.24) is 9.80 Å². The maximum absolute atomic E-state index is 13.5. The van der Waals surface area contributed by atoms with Gasteiger partial charge in [0.1, 0.15) is 23.1 Å². The van der Waals surface area contributed by atoms with Gasteiger partial charge in [0.25, 0.3) is 0 Å². The van der Waals surface area contributed by atoms with E-state index in [-0.39, 0.29) is 42.5 Å². The molecule has 0 bridgehead atoms. The third-order valence-corrected chi connectivity index (χ3v) is 6.03. The van der Waals surface area contributed by atoms with Crippen LogP contribution in [-0.4, -0.2) is 50.2 Å². The highest BCUT2D eigenvalue weighted by molar-refractivity contribution is 5.85. The number of rotatable bonds is 7. The van der Waals surface area contributed by atoms with Crippen molar-refractivity contribution < 1.29 is 18.3 Å². The second kappa shape index (κ2) is 12.9. The molecule has 0 aromatic heterocycles. The fourth-order valence-corrected chi connectivity index (χ4v) is 4.31. The number of benzene rings is 3. The lowest BCUT2D eigenvalue weighted by Crippen LogP contribution is -2.47. The third kappa shape index (κ3) is 6.60. The summed E-state index contributed by atoms with van der Waals surface area (Å²) in [5, 5.41) is 0. The average Bonchev–Trinajstić information content (AvgIpc) is 2.83. The van der Waals surface area contributed by atoms with Crippen LogP contribution in [0.25, 0.3) is 0 Å². The Hall–Kier alpha value is -2.38. The monoisotopic (exact) mass is 510 g/mol. The van der Waals surface area contributed by atoms with E-state index in [4.69, 9.17) is 9.47 Å². The van der Waals surface area contributed by atoms with Crippen molar-refractivity contribution in [3.63, 3.8) is 0 Å². The molecule has 184 valence electrons. The summed E-state index contributed by atoms with van der Waals surface area (Å²) in [5.74, 6) is 1.08. The number of halogens is 4. The highest BCUT2D eigenvalue weighted by atomic mass is 35.5. The first kappa shape index (κ1) is 27.9. The van der Waals surface area contributed by atoms with Crippen LogP contribution in [0.3, 0.4) is 0 Å². The molecule has 0 saturated carbocycles. The predicted molar refractivity (Wildman–Crippen MR) is 136 cm³/mol. The van der Waals surface area contributed by atoms with E-state index < -0.39 is 0 Å². The molecule has 4 nitrogen and oxygen atoms in total. The van der Waals surface area contributed by atoms with Crippen LogP contribution in [0.15, 0.2) is 66.7 Å². The van der Waals surface area contributed by atoms with Gasteiger partial charge >= 0.3 is 0 Å². The third-order valence-electron chi connectivity index (χ3n) is 6.03. The minimum Gasteiger partial charge on any atom is -0.497 e. The van der Waals surface area contributed by atoms with Crippen LogP contribution in [0.5, 0.6) is 11.5 Å². The van der Waals surface area contributed by atoms with Crippen LogP contribution in [-0.2, 0) is 6.54 Å². The summed E-state index contributed by atoms with van der Waals surface area (Å²) in [6.07, 6.45) is 0. The Morgan fingerprint density at radius 3 is 1.74 bits per heavy atom. The molecule has 3 aromatic rings. The van der Waals surface area contributed by atoms with Crippen LogP contribution in [0.4, 0.5) is 8.78 Å². The van der Waals surface area contributed by atoms with Gasteiger partial charge in [0.2, 0.25) is 0 Å². The summed E-state index contributed by atoms with van der Waals surface area (Å²) in [5.41, 5.74) is 3.13. The van der Waals surface area contributed by atoms with Gasteiger partial charge in [0.05, 0.1) is 20.3 Å². The molecular weight excluding hydrogens is 481 g/mol. The molecule has 0 spiro atoms. The van der Waals surface area contributed by atoms with Crippen molar-refractivity contribution in [2.75, 3.05) is 40.4 Å². The highest BCUT2D eigenvalue weighted by Gasteiger charge is 2.27. The topological polar surface area (TPSA) is 24.9 Å². The van der Waals surface area contributed by atoms with Crippen molar-refractivity contribution in [3.05, 3.63) is 95.1 Å². The van der Waals surface area contributed by atoms with Crippen molar-refractivity contribution in [2.45, 2.75) is 12.6 Å². The van der Waals surface area contributed by atoms with Gasteiger partial charge in [0.15, 0.2) is 0 Å². The molecule has 1 saturated heterocycles. The molecule has 0 aliphatic carbocycles. The number of hydrogen-bond donors (Lipinski definition) is 0. The largest absolute Gasteiger partial charge is 0.497 e. The maximum atomic E-state index is 13.5. The Kier molecular flexibility index (Phi) is 10.6. The fourth-order valence-electron chi connectivity index (χ4n) is 4.31. The summed E-state index contributed by atoms with van der Waals surface area (Å²) in [4.78, 5) is 4.77. The van der Waals surface area contributed by atoms with E-state index in [1.807, 2.05) is 42.5 Å². The van der Waals surface area contributed by atoms with Crippen LogP contribution in [0.2, 0.25) is 0 Å². The predicted octanol–water partition coefficient (Wildman–Crippen LogP) is 5.73. The lowest BCUT2D eigenvalue weighted by Gasteiger charge is -2.40. The van der Waals surface area contributed by atoms with Crippen LogP contribution in [0.1, 0.15) is 22.7 Å². The van der Waals surface area contributed by atoms with Gasteiger partial charge in [-0.2, -0.15) is 0 Å². The first-order chi connectivity index (χ1) is 15.6. The van der Waals surface area contributed by atoms with E-state index in [9.17, 15) is 8.78 Å². The molecule has 0 unspecified atom stereocenters. The number of ether oxygens (including phenoxy) is 2. The van der Waals surface area contributed by atoms with Gasteiger partial charge in [-0.3, -0.25) is 9.80 Å². The van der Waals surface area contributed by atoms with E-state index in [1.54, 1.807) is 14.2 Å². The van der Waals surface area contributed by atoms with Gasteiger partial charge in [0, 0.05) is 44.4 Å². The van der Waals surface area contributed by atoms with Gasteiger partial charge in [-0.25, -0.2) is 8.78 Å². The first-order valence-corrected chi connectivity index (χ1v) is 10.8. The molecule has 8 heteroatoms. The summed E-state index contributed by atoms with van der Waals surface area (Å²) in [6, 6.07) is 19.1. The van der Waals surface area contributed by atoms with Gasteiger partial charge < -0.3 is 9.47 Å². The molecule has 3 aromatic carbocycles. The second-order valence-electron chi connectivity index (χ2n) is 8.00. The fraction of sp³-hybridized carbons (Fsp3) is 0.308. The Morgan fingerprint density at radius 1 is 0.735 bits per heavy atom. The van der Waals surface area contributed by atoms with E-state index >= 15 is 0 Å². The molecule has 0 amide bonds. The van der Waals surface area contributed by atoms with E-state index in [1.165, 1.54) is 24.3 Å². The van der Waals surface area contributed by atoms with E-state index in [2.05, 4.69) is 9.80 Å². The lowest BCUT2D eigenvalue weighted by molar-refractivity contribution is 0.104. The SMILES string of the molecule is COc1ccc(CN2CCN(C(c3ccc(F)cc3)c3ccc(F)cc3)CC2)c(OC)c1.Cl.Cl. The summed E-state index contributed by atoms with van der Waals surface area (Å²) < 4.78 is 37.9. The Morgan fingerprint density at radius 2 is 1.26 bits per heavy atom. The van der Waals surface area contributed by atoms with Crippen LogP contribution in [0, 0.1) is 11.6 Å². The van der Waals surface area contributed by atoms with Crippen molar-refractivity contribution >= 4 is 24.8 Å². The Bertz CT molecular complexity index is 982. The average molecular weight is 511 g/mol. The zero-order valence-electron chi connectivity index (χ0n) is 19.2. The Labute approximate surface area is 212 Å². The van der Waals surface area contributed by atoms with Crippen molar-refractivity contribution in [3.8, 4) is 11.5 Å². The molecule has 1 aliphatic heterocycles. The molecule has 34 heavy (non-hydrogen) atoms. The molecule has 1 aliphatic rings. The number of nitrogens with zero attached hydrogens (tertiary/aromatic N) is 2. The zero-order chi connectivity index (χ0) is 22.5. The van der Waals surface area contributed by atoms with Crippen LogP contribution < -0.4 is 9.47 Å². The zero-order valence-corrected chi connectivity index (χ0v) is 20.9. The summed E-state index contributed by atoms with van der Waals surface area (Å²) in [7, 11) is 3.32. The molecule has 4 rings (SSSR count). The van der Waals surface area contributed by atoms with Crippen LogP contribution >= 0.6 is 24.8 Å². The first-order valence-electron chi connectivity index (χ1n) is 10.8. The molecule has 0 N–H and O–H groups in total. The summed E-state index contributed by atoms with van der Waals surface area (Å²) >= 11 is 0. The quantitative estimate of drug-likeness (QED) is 0.405. The number of piperazine rings is 1. The van der Waals surface area contributed by atoms with Crippen molar-refractivity contribution in [1.29, 1.82) is 0 Å². The van der Waals surface area contributed by atoms with Gasteiger partial charge in [-0.15, -0.1) is 24.8 Å². The lowest BCUT2D eigenvalue weighted by atomic mass is 9.96. The molecule has 0 radical (unpaired) electrons. The van der Waals surface area contributed by atoms with E-state index in [0.717, 1.165) is 60.9 Å². The number of methoxy groups -OCH3 is 2. The molecule has 1 fully saturated rings. The standard InChI is InChI=1S/C26H28F2N2O2.2ClH/c1-31-24-12-7-21(25(17-24)32-2)18-29-13-15-30(16-14-29)26(19-3-8-22(27)9-4-19)20-5-10-23(28)11-6-20;;/h3-12,17,26H,13-16,18H2,1-2H3;2*1H. The number of hydrogen-bond acceptors (Lipinski definition) is 4. The Balaban J connectivity index is 0.00000204. The highest BCUT2D eigenvalue weighted by Crippen LogP contribution is 2.31. The van der Waals surface area contributed by atoms with Gasteiger partial charge in [-0.05, 0) is 41.5 Å². The normalized spacial score (nSPS) is 14.3. The van der Waals surface area contributed by atoms with Gasteiger partial charge in [-0.1, -0.05) is 30.3 Å². The second-order valence-corrected chi connectivity index (χ2v) is 8.00. The summed E-state index contributed by atoms with van der Waals surface area (Å²) in [6.45, 7) is 4.25. The molecule has 0 atom stereocenters.